The molecule has 1 heterocycles. The number of alkyl halides is 6. The van der Waals surface area contributed by atoms with Crippen molar-refractivity contribution >= 4 is 28.0 Å². The summed E-state index contributed by atoms with van der Waals surface area (Å²) in [7, 11) is -1.88. The Hall–Kier alpha value is -1.13. The van der Waals surface area contributed by atoms with E-state index in [1.165, 1.54) is 0 Å². The van der Waals surface area contributed by atoms with Gasteiger partial charge < -0.3 is 13.7 Å². The first-order chi connectivity index (χ1) is 9.18. The van der Waals surface area contributed by atoms with Crippen molar-refractivity contribution in [3.8, 4) is 0 Å². The number of rotatable bonds is 1. The molecule has 0 radical (unpaired) electrons. The van der Waals surface area contributed by atoms with E-state index in [0.717, 1.165) is 0 Å². The fourth-order valence-corrected chi connectivity index (χ4v) is 1.61. The van der Waals surface area contributed by atoms with Crippen LogP contribution in [0.4, 0.5) is 26.3 Å². The molecule has 0 atom stereocenters. The zero-order valence-electron chi connectivity index (χ0n) is 9.72. The molecule has 20 heavy (non-hydrogen) atoms. The van der Waals surface area contributed by atoms with Crippen molar-refractivity contribution in [1.29, 1.82) is 0 Å². The van der Waals surface area contributed by atoms with Gasteiger partial charge in [0.05, 0.1) is 11.1 Å². The molecule has 1 aromatic rings. The highest BCUT2D eigenvalue weighted by Gasteiger charge is 2.39. The highest BCUT2D eigenvalue weighted by atomic mass is 19.4. The molecule has 0 N–H and O–H groups in total. The van der Waals surface area contributed by atoms with Crippen LogP contribution in [0.1, 0.15) is 11.1 Å². The smallest absolute Gasteiger partial charge is 0.458 e. The first kappa shape index (κ1) is 15.3. The van der Waals surface area contributed by atoms with Gasteiger partial charge in [-0.25, -0.2) is 0 Å². The van der Waals surface area contributed by atoms with Gasteiger partial charge in [-0.3, -0.25) is 0 Å². The third-order valence-electron chi connectivity index (χ3n) is 2.49. The Morgan fingerprint density at radius 3 is 1.65 bits per heavy atom. The monoisotopic (exact) mass is 296 g/mol. The second-order valence-corrected chi connectivity index (χ2v) is 3.94. The lowest BCUT2D eigenvalue weighted by atomic mass is 9.74. The summed E-state index contributed by atoms with van der Waals surface area (Å²) in [6, 6.07) is 1.17. The molecule has 0 aliphatic carbocycles. The molecule has 1 saturated heterocycles. The molecule has 1 fully saturated rings. The Morgan fingerprint density at radius 1 is 0.800 bits per heavy atom. The normalized spacial score (nSPS) is 16.6. The Balaban J connectivity index is 2.45. The van der Waals surface area contributed by atoms with Gasteiger partial charge in [-0.2, -0.15) is 26.3 Å². The molecule has 0 bridgehead atoms. The van der Waals surface area contributed by atoms with Gasteiger partial charge in [0, 0.05) is 0 Å². The highest BCUT2D eigenvalue weighted by Crippen LogP contribution is 2.34. The molecule has 3 nitrogen and oxygen atoms in total. The van der Waals surface area contributed by atoms with Gasteiger partial charge in [0.2, 0.25) is 0 Å². The average molecular weight is 296 g/mol. The molecule has 12 heteroatoms. The van der Waals surface area contributed by atoms with Crippen LogP contribution in [-0.4, -0.2) is 22.5 Å². The van der Waals surface area contributed by atoms with Crippen molar-refractivity contribution < 1.29 is 40.1 Å². The number of halogens is 6. The predicted molar refractivity (Wildman–Crippen MR) is 59.4 cm³/mol. The summed E-state index contributed by atoms with van der Waals surface area (Å²) in [6.45, 7) is 0. The minimum Gasteiger partial charge on any atom is -0.458 e. The van der Waals surface area contributed by atoms with Gasteiger partial charge in [0.15, 0.2) is 0 Å². The second kappa shape index (κ2) is 5.34. The minimum absolute atomic E-state index is 0.0445. The van der Waals surface area contributed by atoms with Gasteiger partial charge in [0.1, 0.15) is 0 Å². The van der Waals surface area contributed by atoms with Gasteiger partial charge in [0.25, 0.3) is 0 Å². The molecule has 0 amide bonds. The molecule has 0 aromatic heterocycles. The van der Waals surface area contributed by atoms with Crippen LogP contribution >= 0.6 is 0 Å². The fourth-order valence-electron chi connectivity index (χ4n) is 1.61. The second-order valence-electron chi connectivity index (χ2n) is 3.94. The SMILES string of the molecule is FC(F)(F)c1cc(B2OBOBO2)cc(C(F)(F)F)c1. The Bertz CT molecular complexity index is 453. The molecular formula is C8H5B3F6O3. The summed E-state index contributed by atoms with van der Waals surface area (Å²) in [6.07, 6.45) is -9.80. The van der Waals surface area contributed by atoms with E-state index in [0.29, 0.717) is 12.1 Å². The largest absolute Gasteiger partial charge is 0.466 e. The van der Waals surface area contributed by atoms with Crippen molar-refractivity contribution in [2.75, 3.05) is 0 Å². The fraction of sp³-hybridized carbons (Fsp3) is 0.250. The molecule has 0 spiro atoms. The van der Waals surface area contributed by atoms with Crippen LogP contribution in [0.3, 0.4) is 0 Å². The minimum atomic E-state index is -4.90. The Morgan fingerprint density at radius 2 is 1.25 bits per heavy atom. The number of benzene rings is 1. The van der Waals surface area contributed by atoms with E-state index in [2.05, 4.69) is 4.57 Å². The van der Waals surface area contributed by atoms with Gasteiger partial charge in [-0.05, 0) is 11.5 Å². The lowest BCUT2D eigenvalue weighted by Gasteiger charge is -2.21. The van der Waals surface area contributed by atoms with E-state index in [4.69, 9.17) is 9.14 Å². The summed E-state index contributed by atoms with van der Waals surface area (Å²) in [4.78, 5) is 0. The maximum atomic E-state index is 12.6. The molecule has 1 aliphatic heterocycles. The molecule has 0 saturated carbocycles. The van der Waals surface area contributed by atoms with Crippen LogP contribution in [0.5, 0.6) is 0 Å². The predicted octanol–water partition coefficient (Wildman–Crippen LogP) is 1.02. The third-order valence-corrected chi connectivity index (χ3v) is 2.49. The van der Waals surface area contributed by atoms with E-state index in [9.17, 15) is 26.3 Å². The first-order valence-corrected chi connectivity index (χ1v) is 5.28. The lowest BCUT2D eigenvalue weighted by molar-refractivity contribution is -0.142. The van der Waals surface area contributed by atoms with Crippen LogP contribution in [0, 0.1) is 0 Å². The zero-order valence-corrected chi connectivity index (χ0v) is 9.72. The van der Waals surface area contributed by atoms with Crippen LogP contribution < -0.4 is 5.46 Å². The molecular weight excluding hydrogens is 291 g/mol. The van der Waals surface area contributed by atoms with Crippen LogP contribution in [0.25, 0.3) is 0 Å². The third kappa shape index (κ3) is 3.50. The molecule has 2 rings (SSSR count). The van der Waals surface area contributed by atoms with Crippen molar-refractivity contribution in [3.05, 3.63) is 29.3 Å². The van der Waals surface area contributed by atoms with Crippen molar-refractivity contribution in [1.82, 2.24) is 0 Å². The topological polar surface area (TPSA) is 27.7 Å². The Kier molecular flexibility index (Phi) is 4.08. The Labute approximate surface area is 110 Å². The number of hydrogen-bond donors (Lipinski definition) is 0. The average Bonchev–Trinajstić information content (AvgIpc) is 2.37. The van der Waals surface area contributed by atoms with Gasteiger partial charge in [-0.15, -0.1) is 0 Å². The van der Waals surface area contributed by atoms with E-state index in [1.54, 1.807) is 0 Å². The maximum absolute atomic E-state index is 12.6. The standard InChI is InChI=1S/C8H5B3F6O3/c12-7(13,14)4-1-5(8(15,16)17)3-6(2-4)11-19-9-18-10-20-11/h1-3,9-10H. The van der Waals surface area contributed by atoms with Crippen LogP contribution in [0.2, 0.25) is 0 Å². The van der Waals surface area contributed by atoms with Crippen LogP contribution in [0.15, 0.2) is 18.2 Å². The summed E-state index contributed by atoms with van der Waals surface area (Å²) >= 11 is 0. The summed E-state index contributed by atoms with van der Waals surface area (Å²) in [5.41, 5.74) is -3.20. The highest BCUT2D eigenvalue weighted by molar-refractivity contribution is 6.71. The quantitative estimate of drug-likeness (QED) is 0.572. The van der Waals surface area contributed by atoms with Crippen LogP contribution in [-0.2, 0) is 26.1 Å². The summed E-state index contributed by atoms with van der Waals surface area (Å²) in [5, 5.41) is 0. The molecule has 0 unspecified atom stereocenters. The first-order valence-electron chi connectivity index (χ1n) is 5.28. The number of hydrogen-bond acceptors (Lipinski definition) is 3. The molecule has 1 aliphatic rings. The van der Waals surface area contributed by atoms with E-state index < -0.39 is 30.6 Å². The van der Waals surface area contributed by atoms with Crippen molar-refractivity contribution in [2.24, 2.45) is 0 Å². The van der Waals surface area contributed by atoms with E-state index >= 15 is 0 Å². The molecule has 1 aromatic carbocycles. The van der Waals surface area contributed by atoms with E-state index in [1.807, 2.05) is 0 Å². The summed E-state index contributed by atoms with van der Waals surface area (Å²) < 4.78 is 90.0. The van der Waals surface area contributed by atoms with Gasteiger partial charge >= 0.3 is 34.8 Å². The summed E-state index contributed by atoms with van der Waals surface area (Å²) in [5.74, 6) is 0. The van der Waals surface area contributed by atoms with E-state index in [-0.39, 0.29) is 26.9 Å². The molecule has 106 valence electrons. The van der Waals surface area contributed by atoms with Crippen molar-refractivity contribution in [3.63, 3.8) is 0 Å². The maximum Gasteiger partial charge on any atom is 0.466 e. The van der Waals surface area contributed by atoms with Gasteiger partial charge in [-0.1, -0.05) is 12.1 Å². The zero-order chi connectivity index (χ0) is 15.0. The lowest BCUT2D eigenvalue weighted by Crippen LogP contribution is -2.45. The van der Waals surface area contributed by atoms with Crippen molar-refractivity contribution in [2.45, 2.75) is 12.4 Å².